The number of carbonyl (C=O) groups is 1. The molecule has 1 saturated heterocycles. The van der Waals surface area contributed by atoms with E-state index < -0.39 is 10.5 Å². The van der Waals surface area contributed by atoms with Gasteiger partial charge in [-0.1, -0.05) is 11.6 Å². The number of hydrogen-bond donors (Lipinski definition) is 1. The van der Waals surface area contributed by atoms with Gasteiger partial charge in [0.25, 0.3) is 5.69 Å². The quantitative estimate of drug-likeness (QED) is 0.652. The smallest absolute Gasteiger partial charge is 0.269 e. The van der Waals surface area contributed by atoms with Crippen LogP contribution >= 0.6 is 24.0 Å². The summed E-state index contributed by atoms with van der Waals surface area (Å²) in [6.07, 6.45) is 0.914. The standard InChI is InChI=1S/C14H18ClN3O4.ClH/c1-17(13(19)14(16)4-6-22-7-5-14)9-10-8-11(18(20)21)2-3-12(10)15;/h2-3,8H,4-7,9,16H2,1H3;1H. The van der Waals surface area contributed by atoms with Crippen molar-refractivity contribution < 1.29 is 14.5 Å². The first-order valence-corrected chi connectivity index (χ1v) is 7.26. The van der Waals surface area contributed by atoms with Crippen molar-refractivity contribution in [2.45, 2.75) is 24.9 Å². The van der Waals surface area contributed by atoms with E-state index in [1.165, 1.54) is 23.1 Å². The number of rotatable bonds is 4. The summed E-state index contributed by atoms with van der Waals surface area (Å²) in [5.74, 6) is -0.210. The monoisotopic (exact) mass is 363 g/mol. The largest absolute Gasteiger partial charge is 0.381 e. The number of nitro groups is 1. The lowest BCUT2D eigenvalue weighted by Gasteiger charge is -2.35. The van der Waals surface area contributed by atoms with E-state index in [1.54, 1.807) is 7.05 Å². The molecule has 1 fully saturated rings. The Morgan fingerprint density at radius 1 is 1.48 bits per heavy atom. The summed E-state index contributed by atoms with van der Waals surface area (Å²) < 4.78 is 5.23. The molecule has 0 radical (unpaired) electrons. The van der Waals surface area contributed by atoms with Gasteiger partial charge in [-0.2, -0.15) is 0 Å². The molecule has 1 heterocycles. The highest BCUT2D eigenvalue weighted by Crippen LogP contribution is 2.25. The van der Waals surface area contributed by atoms with Gasteiger partial charge in [0.2, 0.25) is 5.91 Å². The van der Waals surface area contributed by atoms with Crippen molar-refractivity contribution in [2.75, 3.05) is 20.3 Å². The third-order valence-corrected chi connectivity index (χ3v) is 4.17. The van der Waals surface area contributed by atoms with E-state index in [1.807, 2.05) is 0 Å². The molecular weight excluding hydrogens is 345 g/mol. The Labute approximate surface area is 145 Å². The van der Waals surface area contributed by atoms with Crippen LogP contribution in [0.25, 0.3) is 0 Å². The van der Waals surface area contributed by atoms with Gasteiger partial charge in [-0.15, -0.1) is 12.4 Å². The highest BCUT2D eigenvalue weighted by atomic mass is 35.5. The summed E-state index contributed by atoms with van der Waals surface area (Å²) in [4.78, 5) is 24.3. The van der Waals surface area contributed by atoms with E-state index in [9.17, 15) is 14.9 Å². The molecular formula is C14H19Cl2N3O4. The highest BCUT2D eigenvalue weighted by Gasteiger charge is 2.38. The number of hydrogen-bond acceptors (Lipinski definition) is 5. The molecule has 1 aliphatic heterocycles. The van der Waals surface area contributed by atoms with Crippen molar-refractivity contribution in [2.24, 2.45) is 5.73 Å². The number of nitrogens with two attached hydrogens (primary N) is 1. The fraction of sp³-hybridized carbons (Fsp3) is 0.500. The van der Waals surface area contributed by atoms with Crippen LogP contribution in [0.1, 0.15) is 18.4 Å². The van der Waals surface area contributed by atoms with Gasteiger partial charge in [0, 0.05) is 44.0 Å². The summed E-state index contributed by atoms with van der Waals surface area (Å²) in [7, 11) is 1.61. The summed E-state index contributed by atoms with van der Waals surface area (Å²) >= 11 is 6.06. The predicted molar refractivity (Wildman–Crippen MR) is 88.8 cm³/mol. The van der Waals surface area contributed by atoms with Gasteiger partial charge in [-0.25, -0.2) is 0 Å². The molecule has 0 aromatic heterocycles. The van der Waals surface area contributed by atoms with Crippen LogP contribution < -0.4 is 5.73 Å². The third-order valence-electron chi connectivity index (χ3n) is 3.81. The molecule has 0 spiro atoms. The summed E-state index contributed by atoms with van der Waals surface area (Å²) in [5.41, 5.74) is 5.67. The van der Waals surface area contributed by atoms with Gasteiger partial charge in [-0.05, 0) is 24.5 Å². The maximum Gasteiger partial charge on any atom is 0.269 e. The normalized spacial score (nSPS) is 16.3. The molecule has 0 atom stereocenters. The highest BCUT2D eigenvalue weighted by molar-refractivity contribution is 6.31. The van der Waals surface area contributed by atoms with Crippen molar-refractivity contribution in [1.82, 2.24) is 4.90 Å². The lowest BCUT2D eigenvalue weighted by atomic mass is 9.89. The van der Waals surface area contributed by atoms with Crippen molar-refractivity contribution in [3.63, 3.8) is 0 Å². The van der Waals surface area contributed by atoms with Crippen molar-refractivity contribution in [3.05, 3.63) is 38.9 Å². The van der Waals surface area contributed by atoms with Crippen LogP contribution in [0.15, 0.2) is 18.2 Å². The first-order chi connectivity index (χ1) is 10.3. The number of halogens is 2. The second-order valence-electron chi connectivity index (χ2n) is 5.46. The van der Waals surface area contributed by atoms with E-state index in [-0.39, 0.29) is 30.5 Å². The van der Waals surface area contributed by atoms with Crippen LogP contribution in [0, 0.1) is 10.1 Å². The number of nitro benzene ring substituents is 1. The van der Waals surface area contributed by atoms with Gasteiger partial charge in [-0.3, -0.25) is 14.9 Å². The summed E-state index contributed by atoms with van der Waals surface area (Å²) in [6.45, 7) is 1.07. The Hall–Kier alpha value is -1.41. The van der Waals surface area contributed by atoms with Crippen molar-refractivity contribution in [1.29, 1.82) is 0 Å². The Morgan fingerprint density at radius 2 is 2.09 bits per heavy atom. The molecule has 0 saturated carbocycles. The molecule has 0 unspecified atom stereocenters. The first kappa shape index (κ1) is 19.6. The van der Waals surface area contributed by atoms with E-state index in [2.05, 4.69) is 0 Å². The SMILES string of the molecule is CN(Cc1cc([N+](=O)[O-])ccc1Cl)C(=O)C1(N)CCOCC1.Cl. The molecule has 2 N–H and O–H groups in total. The number of benzene rings is 1. The molecule has 1 amide bonds. The van der Waals surface area contributed by atoms with Crippen LogP contribution in [0.2, 0.25) is 5.02 Å². The molecule has 7 nitrogen and oxygen atoms in total. The van der Waals surface area contributed by atoms with Gasteiger partial charge >= 0.3 is 0 Å². The van der Waals surface area contributed by atoms with Gasteiger partial charge in [0.05, 0.1) is 10.5 Å². The Kier molecular flexibility index (Phi) is 6.76. The molecule has 9 heteroatoms. The second kappa shape index (κ2) is 7.92. The zero-order valence-electron chi connectivity index (χ0n) is 12.7. The Balaban J connectivity index is 0.00000264. The summed E-state index contributed by atoms with van der Waals surface area (Å²) in [5, 5.41) is 11.2. The van der Waals surface area contributed by atoms with E-state index in [4.69, 9.17) is 22.1 Å². The zero-order chi connectivity index (χ0) is 16.3. The minimum absolute atomic E-state index is 0. The van der Waals surface area contributed by atoms with E-state index in [0.29, 0.717) is 36.6 Å². The lowest BCUT2D eigenvalue weighted by Crippen LogP contribution is -2.57. The number of carbonyl (C=O) groups excluding carboxylic acids is 1. The van der Waals surface area contributed by atoms with Crippen molar-refractivity contribution >= 4 is 35.6 Å². The number of ether oxygens (including phenoxy) is 1. The van der Waals surface area contributed by atoms with Crippen molar-refractivity contribution in [3.8, 4) is 0 Å². The van der Waals surface area contributed by atoms with Gasteiger partial charge in [0.15, 0.2) is 0 Å². The predicted octanol–water partition coefficient (Wildman–Crippen LogP) is 2.14. The minimum atomic E-state index is -0.944. The fourth-order valence-corrected chi connectivity index (χ4v) is 2.63. The number of amides is 1. The molecule has 1 aromatic rings. The minimum Gasteiger partial charge on any atom is -0.381 e. The molecule has 128 valence electrons. The second-order valence-corrected chi connectivity index (χ2v) is 5.87. The molecule has 23 heavy (non-hydrogen) atoms. The number of nitrogens with zero attached hydrogens (tertiary/aromatic N) is 2. The Morgan fingerprint density at radius 3 is 2.65 bits per heavy atom. The Bertz CT molecular complexity index is 591. The first-order valence-electron chi connectivity index (χ1n) is 6.88. The molecule has 0 bridgehead atoms. The third kappa shape index (κ3) is 4.54. The maximum atomic E-state index is 12.5. The van der Waals surface area contributed by atoms with Crippen LogP contribution in [0.4, 0.5) is 5.69 Å². The van der Waals surface area contributed by atoms with Crippen LogP contribution in [0.5, 0.6) is 0 Å². The van der Waals surface area contributed by atoms with Crippen LogP contribution in [-0.2, 0) is 16.1 Å². The van der Waals surface area contributed by atoms with Crippen LogP contribution in [-0.4, -0.2) is 41.5 Å². The summed E-state index contributed by atoms with van der Waals surface area (Å²) in [6, 6.07) is 4.16. The molecule has 1 aliphatic rings. The van der Waals surface area contributed by atoms with E-state index in [0.717, 1.165) is 0 Å². The zero-order valence-corrected chi connectivity index (χ0v) is 14.2. The fourth-order valence-electron chi connectivity index (χ4n) is 2.45. The number of non-ortho nitro benzene ring substituents is 1. The average Bonchev–Trinajstić information content (AvgIpc) is 2.49. The molecule has 1 aromatic carbocycles. The average molecular weight is 364 g/mol. The van der Waals surface area contributed by atoms with Gasteiger partial charge < -0.3 is 15.4 Å². The molecule has 2 rings (SSSR count). The molecule has 0 aliphatic carbocycles. The number of likely N-dealkylation sites (N-methyl/N-ethyl adjacent to an activating group) is 1. The maximum absolute atomic E-state index is 12.5. The van der Waals surface area contributed by atoms with Crippen LogP contribution in [0.3, 0.4) is 0 Å². The van der Waals surface area contributed by atoms with Gasteiger partial charge in [0.1, 0.15) is 0 Å². The topological polar surface area (TPSA) is 98.7 Å². The van der Waals surface area contributed by atoms with E-state index >= 15 is 0 Å². The lowest BCUT2D eigenvalue weighted by molar-refractivity contribution is -0.384.